The highest BCUT2D eigenvalue weighted by Gasteiger charge is 2.43. The zero-order valence-corrected chi connectivity index (χ0v) is 19.0. The van der Waals surface area contributed by atoms with E-state index in [1.165, 1.54) is 0 Å². The third-order valence-electron chi connectivity index (χ3n) is 5.93. The number of amides is 1. The summed E-state index contributed by atoms with van der Waals surface area (Å²) in [6.07, 6.45) is 0. The van der Waals surface area contributed by atoms with Gasteiger partial charge in [-0.1, -0.05) is 18.2 Å². The molecule has 0 fully saturated rings. The Labute approximate surface area is 196 Å². The average molecular weight is 457 g/mol. The summed E-state index contributed by atoms with van der Waals surface area (Å²) in [5.74, 6) is 1.39. The van der Waals surface area contributed by atoms with E-state index in [1.54, 1.807) is 79.8 Å². The van der Waals surface area contributed by atoms with Gasteiger partial charge in [-0.2, -0.15) is 0 Å². The molecule has 4 aromatic rings. The summed E-state index contributed by atoms with van der Waals surface area (Å²) in [6.45, 7) is 2.44. The van der Waals surface area contributed by atoms with Gasteiger partial charge in [0.15, 0.2) is 16.9 Å². The van der Waals surface area contributed by atoms with Crippen LogP contribution in [0.1, 0.15) is 34.6 Å². The lowest BCUT2D eigenvalue weighted by Gasteiger charge is -2.26. The van der Waals surface area contributed by atoms with Crippen LogP contribution in [0.2, 0.25) is 0 Å². The first kappa shape index (κ1) is 21.6. The van der Waals surface area contributed by atoms with Crippen molar-refractivity contribution < 1.29 is 23.4 Å². The molecule has 172 valence electrons. The Morgan fingerprint density at radius 1 is 0.912 bits per heavy atom. The Morgan fingerprint density at radius 3 is 2.35 bits per heavy atom. The standard InChI is InChI=1S/C27H23NO6/c1-4-33-18-12-10-17(11-13-18)28-24(16-9-14-21(31-2)22(15-16)32-3)23-25(29)19-7-5-6-8-20(19)34-26(23)27(28)30/h5-15,24H,4H2,1-3H3. The highest BCUT2D eigenvalue weighted by atomic mass is 16.5. The topological polar surface area (TPSA) is 78.2 Å². The summed E-state index contributed by atoms with van der Waals surface area (Å²) in [7, 11) is 3.10. The molecule has 5 rings (SSSR count). The van der Waals surface area contributed by atoms with Crippen LogP contribution in [0, 0.1) is 0 Å². The summed E-state index contributed by atoms with van der Waals surface area (Å²) >= 11 is 0. The van der Waals surface area contributed by atoms with Gasteiger partial charge in [0.25, 0.3) is 5.91 Å². The average Bonchev–Trinajstić information content (AvgIpc) is 3.17. The minimum absolute atomic E-state index is 0.0392. The largest absolute Gasteiger partial charge is 0.494 e. The second-order valence-corrected chi connectivity index (χ2v) is 7.79. The third-order valence-corrected chi connectivity index (χ3v) is 5.93. The third kappa shape index (κ3) is 3.37. The molecule has 0 spiro atoms. The van der Waals surface area contributed by atoms with Crippen LogP contribution >= 0.6 is 0 Å². The molecule has 0 bridgehead atoms. The molecular weight excluding hydrogens is 434 g/mol. The second-order valence-electron chi connectivity index (χ2n) is 7.79. The first-order valence-corrected chi connectivity index (χ1v) is 10.9. The fourth-order valence-corrected chi connectivity index (χ4v) is 4.39. The van der Waals surface area contributed by atoms with E-state index in [9.17, 15) is 9.59 Å². The number of hydrogen-bond acceptors (Lipinski definition) is 6. The van der Waals surface area contributed by atoms with Gasteiger partial charge in [0, 0.05) is 5.69 Å². The van der Waals surface area contributed by atoms with Crippen molar-refractivity contribution >= 4 is 22.6 Å². The molecule has 1 amide bonds. The van der Waals surface area contributed by atoms with Gasteiger partial charge < -0.3 is 18.6 Å². The summed E-state index contributed by atoms with van der Waals surface area (Å²) < 4.78 is 22.4. The van der Waals surface area contributed by atoms with Crippen molar-refractivity contribution in [1.82, 2.24) is 0 Å². The summed E-state index contributed by atoms with van der Waals surface area (Å²) in [6, 6.07) is 18.8. The smallest absolute Gasteiger partial charge is 0.295 e. The predicted molar refractivity (Wildman–Crippen MR) is 128 cm³/mol. The summed E-state index contributed by atoms with van der Waals surface area (Å²) in [4.78, 5) is 28.9. The molecule has 1 aromatic heterocycles. The summed E-state index contributed by atoms with van der Waals surface area (Å²) in [5, 5.41) is 0.424. The van der Waals surface area contributed by atoms with Crippen LogP contribution < -0.4 is 24.5 Å². The fraction of sp³-hybridized carbons (Fsp3) is 0.185. The van der Waals surface area contributed by atoms with Gasteiger partial charge in [0.2, 0.25) is 5.76 Å². The number of nitrogens with zero attached hydrogens (tertiary/aromatic N) is 1. The maximum atomic E-state index is 13.7. The monoisotopic (exact) mass is 457 g/mol. The number of fused-ring (bicyclic) bond motifs is 2. The first-order chi connectivity index (χ1) is 16.6. The zero-order chi connectivity index (χ0) is 23.8. The molecule has 7 nitrogen and oxygen atoms in total. The Morgan fingerprint density at radius 2 is 1.65 bits per heavy atom. The lowest BCUT2D eigenvalue weighted by atomic mass is 9.97. The van der Waals surface area contributed by atoms with Crippen molar-refractivity contribution in [3.05, 3.63) is 93.8 Å². The minimum Gasteiger partial charge on any atom is -0.494 e. The molecule has 0 N–H and O–H groups in total. The van der Waals surface area contributed by atoms with Gasteiger partial charge in [0.05, 0.1) is 37.8 Å². The van der Waals surface area contributed by atoms with Crippen LogP contribution in [-0.4, -0.2) is 26.7 Å². The normalized spacial score (nSPS) is 14.9. The fourth-order valence-electron chi connectivity index (χ4n) is 4.39. The number of para-hydroxylation sites is 1. The number of carbonyl (C=O) groups is 1. The highest BCUT2D eigenvalue weighted by molar-refractivity contribution is 6.10. The van der Waals surface area contributed by atoms with E-state index in [2.05, 4.69) is 0 Å². The van der Waals surface area contributed by atoms with Gasteiger partial charge in [-0.05, 0) is 61.0 Å². The van der Waals surface area contributed by atoms with Crippen LogP contribution in [0.4, 0.5) is 5.69 Å². The van der Waals surface area contributed by atoms with Gasteiger partial charge in [-0.15, -0.1) is 0 Å². The number of anilines is 1. The van der Waals surface area contributed by atoms with Crippen LogP contribution in [0.15, 0.2) is 75.9 Å². The Balaban J connectivity index is 1.75. The number of methoxy groups -OCH3 is 2. The lowest BCUT2D eigenvalue weighted by Crippen LogP contribution is -2.29. The van der Waals surface area contributed by atoms with E-state index in [1.807, 2.05) is 13.0 Å². The van der Waals surface area contributed by atoms with Gasteiger partial charge in [-0.3, -0.25) is 14.5 Å². The zero-order valence-electron chi connectivity index (χ0n) is 19.0. The Bertz CT molecular complexity index is 1440. The van der Waals surface area contributed by atoms with E-state index >= 15 is 0 Å². The number of rotatable bonds is 6. The van der Waals surface area contributed by atoms with E-state index < -0.39 is 6.04 Å². The van der Waals surface area contributed by atoms with Gasteiger partial charge in [-0.25, -0.2) is 0 Å². The van der Waals surface area contributed by atoms with Crippen LogP contribution in [0.25, 0.3) is 11.0 Å². The molecule has 3 aromatic carbocycles. The van der Waals surface area contributed by atoms with Crippen molar-refractivity contribution in [3.8, 4) is 17.2 Å². The molecule has 1 atom stereocenters. The molecule has 0 saturated carbocycles. The minimum atomic E-state index is -0.707. The van der Waals surface area contributed by atoms with Crippen LogP contribution in [-0.2, 0) is 0 Å². The summed E-state index contributed by atoms with van der Waals surface area (Å²) in [5.41, 5.74) is 1.74. The Hall–Kier alpha value is -4.26. The molecule has 1 aliphatic heterocycles. The first-order valence-electron chi connectivity index (χ1n) is 10.9. The highest BCUT2D eigenvalue weighted by Crippen LogP contribution is 2.43. The maximum absolute atomic E-state index is 13.7. The van der Waals surface area contributed by atoms with Crippen molar-refractivity contribution in [3.63, 3.8) is 0 Å². The number of hydrogen-bond donors (Lipinski definition) is 0. The molecule has 2 heterocycles. The lowest BCUT2D eigenvalue weighted by molar-refractivity contribution is 0.0971. The van der Waals surface area contributed by atoms with E-state index in [-0.39, 0.29) is 17.1 Å². The van der Waals surface area contributed by atoms with Crippen molar-refractivity contribution in [2.24, 2.45) is 0 Å². The van der Waals surface area contributed by atoms with E-state index in [4.69, 9.17) is 18.6 Å². The van der Waals surface area contributed by atoms with Crippen molar-refractivity contribution in [1.29, 1.82) is 0 Å². The number of carbonyl (C=O) groups excluding carboxylic acids is 1. The molecule has 0 saturated heterocycles. The Kier molecular flexibility index (Phi) is 5.45. The van der Waals surface area contributed by atoms with E-state index in [0.29, 0.717) is 51.6 Å². The van der Waals surface area contributed by atoms with Gasteiger partial charge >= 0.3 is 0 Å². The molecule has 1 unspecified atom stereocenters. The van der Waals surface area contributed by atoms with E-state index in [0.717, 1.165) is 0 Å². The van der Waals surface area contributed by atoms with Crippen molar-refractivity contribution in [2.75, 3.05) is 25.7 Å². The molecule has 7 heteroatoms. The molecular formula is C27H23NO6. The molecule has 0 radical (unpaired) electrons. The quantitative estimate of drug-likeness (QED) is 0.407. The maximum Gasteiger partial charge on any atom is 0.295 e. The predicted octanol–water partition coefficient (Wildman–Crippen LogP) is 4.96. The molecule has 0 aliphatic carbocycles. The molecule has 1 aliphatic rings. The van der Waals surface area contributed by atoms with Gasteiger partial charge in [0.1, 0.15) is 11.3 Å². The number of benzene rings is 3. The van der Waals surface area contributed by atoms with Crippen LogP contribution in [0.3, 0.4) is 0 Å². The molecule has 34 heavy (non-hydrogen) atoms. The SMILES string of the molecule is CCOc1ccc(N2C(=O)c3oc4ccccc4c(=O)c3C2c2ccc(OC)c(OC)c2)cc1. The van der Waals surface area contributed by atoms with Crippen molar-refractivity contribution in [2.45, 2.75) is 13.0 Å². The number of ether oxygens (including phenoxy) is 3. The van der Waals surface area contributed by atoms with Crippen LogP contribution in [0.5, 0.6) is 17.2 Å². The second kappa shape index (κ2) is 8.59.